The second-order valence-electron chi connectivity index (χ2n) is 4.88. The number of pyridine rings is 1. The zero-order valence-electron chi connectivity index (χ0n) is 12.4. The Kier molecular flexibility index (Phi) is 4.38. The summed E-state index contributed by atoms with van der Waals surface area (Å²) in [4.78, 5) is 12.7. The zero-order valence-corrected chi connectivity index (χ0v) is 14.0. The van der Waals surface area contributed by atoms with Crippen LogP contribution in [-0.2, 0) is 0 Å². The van der Waals surface area contributed by atoms with Gasteiger partial charge in [0, 0.05) is 10.7 Å². The van der Waals surface area contributed by atoms with Crippen LogP contribution >= 0.6 is 15.9 Å². The lowest BCUT2D eigenvalue weighted by Gasteiger charge is -2.13. The largest absolute Gasteiger partial charge is 0.393 e. The maximum absolute atomic E-state index is 6.19. The van der Waals surface area contributed by atoms with Gasteiger partial charge in [-0.25, -0.2) is 15.0 Å². The summed E-state index contributed by atoms with van der Waals surface area (Å²) in [6, 6.07) is 11.6. The number of benzene rings is 1. The Hall–Kier alpha value is -2.67. The molecule has 0 aliphatic carbocycles. The first-order valence-corrected chi connectivity index (χ1v) is 7.75. The molecule has 0 aliphatic rings. The van der Waals surface area contributed by atoms with Gasteiger partial charge in [-0.15, -0.1) is 0 Å². The van der Waals surface area contributed by atoms with Crippen molar-refractivity contribution in [3.05, 3.63) is 59.0 Å². The fourth-order valence-electron chi connectivity index (χ4n) is 2.01. The van der Waals surface area contributed by atoms with Gasteiger partial charge >= 0.3 is 0 Å². The van der Waals surface area contributed by atoms with Crippen LogP contribution in [0.4, 0.5) is 28.8 Å². The van der Waals surface area contributed by atoms with E-state index in [-0.39, 0.29) is 0 Å². The molecular formula is C16H15BrN6. The Balaban J connectivity index is 1.90. The topological polar surface area (TPSA) is 88.8 Å². The summed E-state index contributed by atoms with van der Waals surface area (Å²) >= 11 is 3.49. The van der Waals surface area contributed by atoms with Gasteiger partial charge in [0.1, 0.15) is 17.8 Å². The van der Waals surface area contributed by atoms with Gasteiger partial charge in [0.05, 0.1) is 5.69 Å². The third kappa shape index (κ3) is 3.40. The molecule has 0 unspecified atom stereocenters. The molecular weight excluding hydrogens is 356 g/mol. The Morgan fingerprint density at radius 2 is 1.65 bits per heavy atom. The first-order chi connectivity index (χ1) is 11.1. The third-order valence-electron chi connectivity index (χ3n) is 3.26. The number of nitrogen functional groups attached to an aromatic ring is 1. The van der Waals surface area contributed by atoms with Gasteiger partial charge < -0.3 is 16.4 Å². The molecule has 0 radical (unpaired) electrons. The van der Waals surface area contributed by atoms with Crippen molar-refractivity contribution in [2.45, 2.75) is 6.92 Å². The van der Waals surface area contributed by atoms with Crippen molar-refractivity contribution in [1.29, 1.82) is 0 Å². The molecule has 0 spiro atoms. The zero-order chi connectivity index (χ0) is 16.2. The van der Waals surface area contributed by atoms with E-state index in [9.17, 15) is 0 Å². The van der Waals surface area contributed by atoms with E-state index >= 15 is 0 Å². The van der Waals surface area contributed by atoms with Crippen molar-refractivity contribution in [2.24, 2.45) is 0 Å². The fraction of sp³-hybridized carbons (Fsp3) is 0.0625. The molecule has 4 N–H and O–H groups in total. The molecule has 0 bridgehead atoms. The summed E-state index contributed by atoms with van der Waals surface area (Å²) in [7, 11) is 0. The van der Waals surface area contributed by atoms with E-state index in [2.05, 4.69) is 41.5 Å². The Labute approximate surface area is 142 Å². The summed E-state index contributed by atoms with van der Waals surface area (Å²) in [5, 5.41) is 6.34. The smallest absolute Gasteiger partial charge is 0.160 e. The average molecular weight is 371 g/mol. The van der Waals surface area contributed by atoms with Crippen LogP contribution in [0.25, 0.3) is 0 Å². The molecule has 7 heteroatoms. The number of nitrogens with one attached hydrogen (secondary N) is 2. The molecule has 0 amide bonds. The van der Waals surface area contributed by atoms with Gasteiger partial charge in [-0.3, -0.25) is 0 Å². The third-order valence-corrected chi connectivity index (χ3v) is 3.95. The van der Waals surface area contributed by atoms with Crippen LogP contribution in [0.1, 0.15) is 5.56 Å². The number of hydrogen-bond donors (Lipinski definition) is 3. The van der Waals surface area contributed by atoms with Crippen LogP contribution < -0.4 is 16.4 Å². The number of nitrogens with two attached hydrogens (primary N) is 1. The molecule has 3 aromatic rings. The van der Waals surface area contributed by atoms with E-state index in [1.165, 1.54) is 6.33 Å². The molecule has 2 heterocycles. The van der Waals surface area contributed by atoms with Crippen LogP contribution in [0.3, 0.4) is 0 Å². The van der Waals surface area contributed by atoms with Gasteiger partial charge in [0.2, 0.25) is 0 Å². The highest BCUT2D eigenvalue weighted by molar-refractivity contribution is 9.10. The summed E-state index contributed by atoms with van der Waals surface area (Å²) in [6.45, 7) is 1.97. The molecule has 2 aromatic heterocycles. The number of anilines is 5. The summed E-state index contributed by atoms with van der Waals surface area (Å²) in [6.07, 6.45) is 3.17. The Morgan fingerprint density at radius 3 is 2.39 bits per heavy atom. The van der Waals surface area contributed by atoms with E-state index in [0.717, 1.165) is 15.7 Å². The number of aryl methyl sites for hydroxylation is 1. The normalized spacial score (nSPS) is 10.3. The maximum atomic E-state index is 6.19. The molecule has 6 nitrogen and oxygen atoms in total. The molecule has 0 atom stereocenters. The molecule has 0 saturated carbocycles. The van der Waals surface area contributed by atoms with Crippen molar-refractivity contribution >= 4 is 44.8 Å². The van der Waals surface area contributed by atoms with E-state index < -0.39 is 0 Å². The van der Waals surface area contributed by atoms with Gasteiger partial charge in [0.25, 0.3) is 0 Å². The lowest BCUT2D eigenvalue weighted by molar-refractivity contribution is 1.15. The molecule has 23 heavy (non-hydrogen) atoms. The number of hydrogen-bond acceptors (Lipinski definition) is 6. The van der Waals surface area contributed by atoms with Gasteiger partial charge in [-0.1, -0.05) is 18.2 Å². The summed E-state index contributed by atoms with van der Waals surface area (Å²) < 4.78 is 0.924. The highest BCUT2D eigenvalue weighted by atomic mass is 79.9. The standard InChI is InChI=1S/C16H15BrN6/c1-10-5-4-8-19-14(10)23-16-13(18)15(20-9-21-16)22-12-7-3-2-6-11(12)17/h2-9H,18H2,1H3,(H2,19,20,21,22,23). The van der Waals surface area contributed by atoms with Crippen molar-refractivity contribution in [3.8, 4) is 0 Å². The average Bonchev–Trinajstić information content (AvgIpc) is 2.55. The summed E-state index contributed by atoms with van der Waals surface area (Å²) in [5.41, 5.74) is 8.49. The first-order valence-electron chi connectivity index (χ1n) is 6.96. The van der Waals surface area contributed by atoms with Gasteiger partial charge in [0.15, 0.2) is 11.6 Å². The van der Waals surface area contributed by atoms with Crippen molar-refractivity contribution in [1.82, 2.24) is 15.0 Å². The van der Waals surface area contributed by atoms with E-state index in [1.807, 2.05) is 43.3 Å². The monoisotopic (exact) mass is 370 g/mol. The molecule has 0 saturated heterocycles. The van der Waals surface area contributed by atoms with Gasteiger partial charge in [-0.2, -0.15) is 0 Å². The predicted octanol–water partition coefficient (Wildman–Crippen LogP) is 4.01. The lowest BCUT2D eigenvalue weighted by atomic mass is 10.3. The van der Waals surface area contributed by atoms with Crippen LogP contribution in [0.15, 0.2) is 53.4 Å². The van der Waals surface area contributed by atoms with E-state index in [4.69, 9.17) is 5.73 Å². The Morgan fingerprint density at radius 1 is 0.913 bits per heavy atom. The van der Waals surface area contributed by atoms with E-state index in [1.54, 1.807) is 6.20 Å². The minimum Gasteiger partial charge on any atom is -0.393 e. The second kappa shape index (κ2) is 6.62. The van der Waals surface area contributed by atoms with Crippen molar-refractivity contribution < 1.29 is 0 Å². The number of aromatic nitrogens is 3. The van der Waals surface area contributed by atoms with Crippen molar-refractivity contribution in [2.75, 3.05) is 16.4 Å². The Bertz CT molecular complexity index is 771. The van der Waals surface area contributed by atoms with Crippen LogP contribution in [-0.4, -0.2) is 15.0 Å². The quantitative estimate of drug-likeness (QED) is 0.642. The highest BCUT2D eigenvalue weighted by Gasteiger charge is 2.11. The fourth-order valence-corrected chi connectivity index (χ4v) is 2.40. The van der Waals surface area contributed by atoms with E-state index in [0.29, 0.717) is 23.1 Å². The molecule has 0 fully saturated rings. The molecule has 1 aromatic carbocycles. The minimum absolute atomic E-state index is 0.424. The van der Waals surface area contributed by atoms with Crippen LogP contribution in [0.2, 0.25) is 0 Å². The van der Waals surface area contributed by atoms with Crippen LogP contribution in [0, 0.1) is 6.92 Å². The first kappa shape index (κ1) is 15.2. The predicted molar refractivity (Wildman–Crippen MR) is 96.1 cm³/mol. The second-order valence-corrected chi connectivity index (χ2v) is 5.74. The van der Waals surface area contributed by atoms with Crippen LogP contribution in [0.5, 0.6) is 0 Å². The molecule has 3 rings (SSSR count). The number of para-hydroxylation sites is 1. The number of halogens is 1. The molecule has 116 valence electrons. The number of rotatable bonds is 4. The van der Waals surface area contributed by atoms with Crippen molar-refractivity contribution in [3.63, 3.8) is 0 Å². The van der Waals surface area contributed by atoms with Gasteiger partial charge in [-0.05, 0) is 46.6 Å². The lowest BCUT2D eigenvalue weighted by Crippen LogP contribution is -2.06. The minimum atomic E-state index is 0.424. The SMILES string of the molecule is Cc1cccnc1Nc1ncnc(Nc2ccccc2Br)c1N. The molecule has 0 aliphatic heterocycles. The maximum Gasteiger partial charge on any atom is 0.160 e. The number of nitrogens with zero attached hydrogens (tertiary/aromatic N) is 3. The summed E-state index contributed by atoms with van der Waals surface area (Å²) in [5.74, 6) is 1.75. The highest BCUT2D eigenvalue weighted by Crippen LogP contribution is 2.30.